The topological polar surface area (TPSA) is 102 Å². The summed E-state index contributed by atoms with van der Waals surface area (Å²) in [5.74, 6) is 0.433. The first-order valence-corrected chi connectivity index (χ1v) is 11.1. The van der Waals surface area contributed by atoms with Gasteiger partial charge in [-0.15, -0.1) is 0 Å². The van der Waals surface area contributed by atoms with E-state index in [0.717, 1.165) is 0 Å². The van der Waals surface area contributed by atoms with Gasteiger partial charge in [0.2, 0.25) is 15.9 Å². The van der Waals surface area contributed by atoms with Gasteiger partial charge in [-0.3, -0.25) is 9.52 Å². The monoisotopic (exact) mass is 432 g/mol. The minimum absolute atomic E-state index is 0.0134. The molecule has 9 heteroatoms. The Bertz CT molecular complexity index is 990. The molecule has 0 unspecified atom stereocenters. The zero-order chi connectivity index (χ0) is 21.6. The van der Waals surface area contributed by atoms with Crippen molar-refractivity contribution in [3.63, 3.8) is 0 Å². The number of amides is 1. The van der Waals surface area contributed by atoms with Gasteiger partial charge >= 0.3 is 0 Å². The molecule has 1 amide bonds. The highest BCUT2D eigenvalue weighted by molar-refractivity contribution is 7.93. The van der Waals surface area contributed by atoms with E-state index in [1.54, 1.807) is 48.5 Å². The van der Waals surface area contributed by atoms with Crippen molar-refractivity contribution in [2.75, 3.05) is 10.5 Å². The van der Waals surface area contributed by atoms with E-state index in [1.807, 2.05) is 13.8 Å². The van der Waals surface area contributed by atoms with Crippen LogP contribution in [0.2, 0.25) is 0 Å². The summed E-state index contributed by atoms with van der Waals surface area (Å²) >= 11 is 0. The number of hydrogen-bond acceptors (Lipinski definition) is 6. The molecule has 0 saturated heterocycles. The molecule has 0 fully saturated rings. The molecule has 0 spiro atoms. The average Bonchev–Trinajstić information content (AvgIpc) is 3.36. The first-order valence-electron chi connectivity index (χ1n) is 9.40. The molecule has 3 aromatic rings. The van der Waals surface area contributed by atoms with E-state index in [1.165, 1.54) is 17.4 Å². The van der Waals surface area contributed by atoms with Crippen molar-refractivity contribution in [2.45, 2.75) is 33.0 Å². The second-order valence-corrected chi connectivity index (χ2v) is 8.68. The van der Waals surface area contributed by atoms with Crippen molar-refractivity contribution in [2.24, 2.45) is 0 Å². The predicted molar refractivity (Wildman–Crippen MR) is 111 cm³/mol. The molecule has 2 aromatic heterocycles. The van der Waals surface area contributed by atoms with Gasteiger partial charge in [0.15, 0.2) is 0 Å². The first kappa shape index (κ1) is 21.5. The molecule has 0 aliphatic heterocycles. The maximum Gasteiger partial charge on any atom is 0.241 e. The SMILES string of the molecule is CC(C)Oc1ccc(NS(=O)(=O)CC(=O)N(Cc2ccco2)Cc2ccco2)cc1. The van der Waals surface area contributed by atoms with Crippen LogP contribution in [-0.2, 0) is 27.9 Å². The fourth-order valence-electron chi connectivity index (χ4n) is 2.76. The Labute approximate surface area is 175 Å². The highest BCUT2D eigenvalue weighted by Crippen LogP contribution is 2.18. The minimum atomic E-state index is -3.92. The second-order valence-electron chi connectivity index (χ2n) is 6.96. The third-order valence-corrected chi connectivity index (χ3v) is 5.19. The molecule has 3 rings (SSSR count). The molecule has 0 saturated carbocycles. The van der Waals surface area contributed by atoms with E-state index in [0.29, 0.717) is 23.0 Å². The Kier molecular flexibility index (Phi) is 6.83. The minimum Gasteiger partial charge on any atom is -0.491 e. The van der Waals surface area contributed by atoms with Crippen molar-refractivity contribution < 1.29 is 26.8 Å². The zero-order valence-electron chi connectivity index (χ0n) is 16.8. The fraction of sp³-hybridized carbons (Fsp3) is 0.286. The standard InChI is InChI=1S/C21H24N2O6S/c1-16(2)29-18-9-7-17(8-10-18)22-30(25,26)15-21(24)23(13-19-5-3-11-27-19)14-20-6-4-12-28-20/h3-12,16,22H,13-15H2,1-2H3. The third-order valence-electron chi connectivity index (χ3n) is 4.02. The smallest absolute Gasteiger partial charge is 0.241 e. The van der Waals surface area contributed by atoms with E-state index < -0.39 is 21.7 Å². The van der Waals surface area contributed by atoms with Gasteiger partial charge in [-0.1, -0.05) is 0 Å². The van der Waals surface area contributed by atoms with E-state index in [-0.39, 0.29) is 19.2 Å². The molecule has 1 N–H and O–H groups in total. The Morgan fingerprint density at radius 3 is 2.03 bits per heavy atom. The molecule has 0 bridgehead atoms. The fourth-order valence-corrected chi connectivity index (χ4v) is 3.83. The number of furan rings is 2. The molecular weight excluding hydrogens is 408 g/mol. The Balaban J connectivity index is 1.66. The molecular formula is C21H24N2O6S. The van der Waals surface area contributed by atoms with Crippen molar-refractivity contribution >= 4 is 21.6 Å². The molecule has 0 atom stereocenters. The van der Waals surface area contributed by atoms with E-state index in [2.05, 4.69) is 4.72 Å². The number of benzene rings is 1. The van der Waals surface area contributed by atoms with Gasteiger partial charge in [-0.2, -0.15) is 0 Å². The first-order chi connectivity index (χ1) is 14.3. The Hall–Kier alpha value is -3.20. The summed E-state index contributed by atoms with van der Waals surface area (Å²) < 4.78 is 43.6. The lowest BCUT2D eigenvalue weighted by Crippen LogP contribution is -2.36. The Morgan fingerprint density at radius 1 is 1.00 bits per heavy atom. The molecule has 0 radical (unpaired) electrons. The quantitative estimate of drug-likeness (QED) is 0.525. The number of anilines is 1. The molecule has 0 aliphatic carbocycles. The number of nitrogens with zero attached hydrogens (tertiary/aromatic N) is 1. The lowest BCUT2D eigenvalue weighted by atomic mass is 10.3. The number of rotatable bonds is 10. The molecule has 160 valence electrons. The number of carbonyl (C=O) groups is 1. The normalized spacial score (nSPS) is 11.4. The lowest BCUT2D eigenvalue weighted by Gasteiger charge is -2.21. The zero-order valence-corrected chi connectivity index (χ0v) is 17.6. The van der Waals surface area contributed by atoms with Gasteiger partial charge in [-0.25, -0.2) is 8.42 Å². The summed E-state index contributed by atoms with van der Waals surface area (Å²) in [4.78, 5) is 14.2. The summed E-state index contributed by atoms with van der Waals surface area (Å²) in [6.07, 6.45) is 3.01. The molecule has 30 heavy (non-hydrogen) atoms. The van der Waals surface area contributed by atoms with E-state index >= 15 is 0 Å². The average molecular weight is 432 g/mol. The van der Waals surface area contributed by atoms with Crippen LogP contribution in [0.4, 0.5) is 5.69 Å². The predicted octanol–water partition coefficient (Wildman–Crippen LogP) is 3.63. The second kappa shape index (κ2) is 9.53. The molecule has 2 heterocycles. The number of ether oxygens (including phenoxy) is 1. The van der Waals surface area contributed by atoms with Crippen LogP contribution in [0.25, 0.3) is 0 Å². The van der Waals surface area contributed by atoms with Crippen molar-refractivity contribution in [1.29, 1.82) is 0 Å². The van der Waals surface area contributed by atoms with Crippen LogP contribution < -0.4 is 9.46 Å². The third kappa shape index (κ3) is 6.41. The van der Waals surface area contributed by atoms with Gasteiger partial charge in [0.1, 0.15) is 23.0 Å². The number of hydrogen-bond donors (Lipinski definition) is 1. The highest BCUT2D eigenvalue weighted by atomic mass is 32.2. The highest BCUT2D eigenvalue weighted by Gasteiger charge is 2.24. The van der Waals surface area contributed by atoms with Crippen molar-refractivity contribution in [3.8, 4) is 5.75 Å². The number of carbonyl (C=O) groups excluding carboxylic acids is 1. The molecule has 0 aliphatic rings. The van der Waals surface area contributed by atoms with Gasteiger partial charge in [0.05, 0.1) is 31.7 Å². The maximum atomic E-state index is 12.8. The largest absolute Gasteiger partial charge is 0.491 e. The van der Waals surface area contributed by atoms with Crippen LogP contribution in [0.5, 0.6) is 5.75 Å². The van der Waals surface area contributed by atoms with Gasteiger partial charge in [0, 0.05) is 5.69 Å². The van der Waals surface area contributed by atoms with Crippen LogP contribution >= 0.6 is 0 Å². The summed E-state index contributed by atoms with van der Waals surface area (Å²) in [6.45, 7) is 4.06. The maximum absolute atomic E-state index is 12.8. The van der Waals surface area contributed by atoms with Crippen LogP contribution in [-0.4, -0.2) is 31.1 Å². The van der Waals surface area contributed by atoms with Gasteiger partial charge in [0.25, 0.3) is 0 Å². The van der Waals surface area contributed by atoms with E-state index in [9.17, 15) is 13.2 Å². The van der Waals surface area contributed by atoms with Crippen molar-refractivity contribution in [3.05, 3.63) is 72.6 Å². The van der Waals surface area contributed by atoms with Crippen LogP contribution in [0.1, 0.15) is 25.4 Å². The van der Waals surface area contributed by atoms with Crippen LogP contribution in [0.15, 0.2) is 69.9 Å². The van der Waals surface area contributed by atoms with Crippen molar-refractivity contribution in [1.82, 2.24) is 4.90 Å². The molecule has 1 aromatic carbocycles. The molecule has 8 nitrogen and oxygen atoms in total. The summed E-state index contributed by atoms with van der Waals surface area (Å²) in [5.41, 5.74) is 0.350. The number of sulfonamides is 1. The summed E-state index contributed by atoms with van der Waals surface area (Å²) in [5, 5.41) is 0. The van der Waals surface area contributed by atoms with Gasteiger partial charge in [-0.05, 0) is 62.4 Å². The Morgan fingerprint density at radius 2 is 1.57 bits per heavy atom. The van der Waals surface area contributed by atoms with E-state index in [4.69, 9.17) is 13.6 Å². The van der Waals surface area contributed by atoms with Gasteiger partial charge < -0.3 is 18.5 Å². The summed E-state index contributed by atoms with van der Waals surface area (Å²) in [7, 11) is -3.92. The summed E-state index contributed by atoms with van der Waals surface area (Å²) in [6, 6.07) is 13.4. The lowest BCUT2D eigenvalue weighted by molar-refractivity contribution is -0.130. The van der Waals surface area contributed by atoms with Crippen LogP contribution in [0.3, 0.4) is 0 Å². The number of nitrogens with one attached hydrogen (secondary N) is 1. The van der Waals surface area contributed by atoms with Crippen LogP contribution in [0, 0.1) is 0 Å².